The Balaban J connectivity index is 1.36. The number of rotatable bonds is 7. The van der Waals surface area contributed by atoms with Crippen molar-refractivity contribution in [1.82, 2.24) is 0 Å². The lowest BCUT2D eigenvalue weighted by atomic mass is 9.82. The van der Waals surface area contributed by atoms with E-state index in [1.165, 1.54) is 18.2 Å². The molecule has 0 saturated heterocycles. The molecular formula is C27H27F3O3. The summed E-state index contributed by atoms with van der Waals surface area (Å²) in [6.45, 7) is 2.48. The second-order valence-electron chi connectivity index (χ2n) is 8.35. The molecule has 0 radical (unpaired) electrons. The van der Waals surface area contributed by atoms with Crippen LogP contribution >= 0.6 is 0 Å². The number of aromatic hydroxyl groups is 1. The van der Waals surface area contributed by atoms with E-state index in [9.17, 15) is 18.3 Å². The van der Waals surface area contributed by atoms with Gasteiger partial charge in [-0.3, -0.25) is 0 Å². The Bertz CT molecular complexity index is 1090. The van der Waals surface area contributed by atoms with Gasteiger partial charge in [0.2, 0.25) is 0 Å². The number of hydrogen-bond acceptors (Lipinski definition) is 3. The molecule has 33 heavy (non-hydrogen) atoms. The van der Waals surface area contributed by atoms with Gasteiger partial charge in [-0.1, -0.05) is 30.3 Å². The molecule has 0 heterocycles. The zero-order valence-electron chi connectivity index (χ0n) is 18.5. The van der Waals surface area contributed by atoms with Crippen molar-refractivity contribution in [2.75, 3.05) is 6.61 Å². The highest BCUT2D eigenvalue weighted by atomic mass is 19.2. The minimum absolute atomic E-state index is 0.0450. The minimum Gasteiger partial charge on any atom is -0.508 e. The molecule has 1 aliphatic carbocycles. The standard InChI is InChI=1S/C27H27F3O3/c1-2-32-22-12-7-19(25(28)15-22)16-33-21-10-5-18(6-11-21)24-14-13-23(26(29)27(24)30)17-3-8-20(31)9-4-17/h3-4,7-9,12-15,18,21,31H,2,5-6,10-11,16H2,1H3. The second kappa shape index (κ2) is 10.3. The smallest absolute Gasteiger partial charge is 0.166 e. The summed E-state index contributed by atoms with van der Waals surface area (Å²) < 4.78 is 55.1. The van der Waals surface area contributed by atoms with Gasteiger partial charge in [0.1, 0.15) is 17.3 Å². The summed E-state index contributed by atoms with van der Waals surface area (Å²) in [7, 11) is 0. The van der Waals surface area contributed by atoms with Crippen molar-refractivity contribution in [1.29, 1.82) is 0 Å². The Morgan fingerprint density at radius 2 is 1.61 bits per heavy atom. The van der Waals surface area contributed by atoms with E-state index in [0.717, 1.165) is 0 Å². The minimum atomic E-state index is -0.873. The molecule has 0 spiro atoms. The van der Waals surface area contributed by atoms with E-state index in [0.29, 0.717) is 54.7 Å². The largest absolute Gasteiger partial charge is 0.508 e. The van der Waals surface area contributed by atoms with Gasteiger partial charge < -0.3 is 14.6 Å². The van der Waals surface area contributed by atoms with E-state index < -0.39 is 11.6 Å². The molecule has 1 saturated carbocycles. The van der Waals surface area contributed by atoms with Crippen molar-refractivity contribution in [3.63, 3.8) is 0 Å². The maximum absolute atomic E-state index is 14.9. The summed E-state index contributed by atoms with van der Waals surface area (Å²) in [5.74, 6) is -1.58. The summed E-state index contributed by atoms with van der Waals surface area (Å²) in [6, 6.07) is 14.0. The summed E-state index contributed by atoms with van der Waals surface area (Å²) in [5, 5.41) is 9.41. The summed E-state index contributed by atoms with van der Waals surface area (Å²) in [4.78, 5) is 0. The molecule has 174 valence electrons. The third kappa shape index (κ3) is 5.33. The fourth-order valence-corrected chi connectivity index (χ4v) is 4.39. The molecule has 1 N–H and O–H groups in total. The molecule has 4 rings (SSSR count). The maximum Gasteiger partial charge on any atom is 0.166 e. The highest BCUT2D eigenvalue weighted by molar-refractivity contribution is 5.65. The van der Waals surface area contributed by atoms with E-state index in [2.05, 4.69) is 0 Å². The van der Waals surface area contributed by atoms with Crippen molar-refractivity contribution in [3.05, 3.63) is 83.2 Å². The first kappa shape index (κ1) is 23.2. The quantitative estimate of drug-likeness (QED) is 0.411. The molecular weight excluding hydrogens is 429 g/mol. The number of hydrogen-bond donors (Lipinski definition) is 1. The van der Waals surface area contributed by atoms with Crippen LogP contribution in [0.1, 0.15) is 49.7 Å². The van der Waals surface area contributed by atoms with Crippen LogP contribution in [0.2, 0.25) is 0 Å². The van der Waals surface area contributed by atoms with Gasteiger partial charge in [-0.25, -0.2) is 13.2 Å². The zero-order valence-corrected chi connectivity index (χ0v) is 18.5. The Morgan fingerprint density at radius 1 is 0.879 bits per heavy atom. The van der Waals surface area contributed by atoms with Crippen LogP contribution in [0.25, 0.3) is 11.1 Å². The molecule has 0 aromatic heterocycles. The van der Waals surface area contributed by atoms with Crippen molar-refractivity contribution in [2.45, 2.75) is 51.2 Å². The SMILES string of the molecule is CCOc1ccc(COC2CCC(c3ccc(-c4ccc(O)cc4)c(F)c3F)CC2)c(F)c1. The van der Waals surface area contributed by atoms with Crippen LogP contribution in [0.4, 0.5) is 13.2 Å². The highest BCUT2D eigenvalue weighted by Crippen LogP contribution is 2.38. The van der Waals surface area contributed by atoms with Crippen LogP contribution in [0.3, 0.4) is 0 Å². The molecule has 3 aromatic rings. The molecule has 0 aliphatic heterocycles. The maximum atomic E-state index is 14.9. The molecule has 6 heteroatoms. The first-order chi connectivity index (χ1) is 16.0. The lowest BCUT2D eigenvalue weighted by Gasteiger charge is -2.29. The van der Waals surface area contributed by atoms with E-state index in [4.69, 9.17) is 9.47 Å². The van der Waals surface area contributed by atoms with Gasteiger partial charge in [0.05, 0.1) is 19.3 Å². The first-order valence-electron chi connectivity index (χ1n) is 11.3. The monoisotopic (exact) mass is 456 g/mol. The molecule has 1 aliphatic rings. The van der Waals surface area contributed by atoms with Gasteiger partial charge in [0.25, 0.3) is 0 Å². The predicted molar refractivity (Wildman–Crippen MR) is 121 cm³/mol. The van der Waals surface area contributed by atoms with Crippen LogP contribution in [-0.4, -0.2) is 17.8 Å². The summed E-state index contributed by atoms with van der Waals surface area (Å²) in [5.41, 5.74) is 1.53. The van der Waals surface area contributed by atoms with Gasteiger partial charge in [-0.15, -0.1) is 0 Å². The third-order valence-electron chi connectivity index (χ3n) is 6.21. The van der Waals surface area contributed by atoms with Crippen molar-refractivity contribution in [2.24, 2.45) is 0 Å². The zero-order chi connectivity index (χ0) is 23.4. The molecule has 3 nitrogen and oxygen atoms in total. The lowest BCUT2D eigenvalue weighted by Crippen LogP contribution is -2.21. The van der Waals surface area contributed by atoms with E-state index in [1.54, 1.807) is 36.4 Å². The first-order valence-corrected chi connectivity index (χ1v) is 11.3. The molecule has 1 fully saturated rings. The number of phenolic OH excluding ortho intramolecular Hbond substituents is 1. The van der Waals surface area contributed by atoms with Crippen LogP contribution < -0.4 is 4.74 Å². The van der Waals surface area contributed by atoms with Gasteiger partial charge in [-0.2, -0.15) is 0 Å². The molecule has 0 amide bonds. The Morgan fingerprint density at radius 3 is 2.27 bits per heavy atom. The van der Waals surface area contributed by atoms with Gasteiger partial charge in [-0.05, 0) is 67.9 Å². The number of phenols is 1. The molecule has 0 bridgehead atoms. The lowest BCUT2D eigenvalue weighted by molar-refractivity contribution is 0.0118. The Labute approximate surface area is 191 Å². The number of ether oxygens (including phenoxy) is 2. The van der Waals surface area contributed by atoms with Gasteiger partial charge >= 0.3 is 0 Å². The number of benzene rings is 3. The molecule has 0 unspecified atom stereocenters. The predicted octanol–water partition coefficient (Wildman–Crippen LogP) is 7.12. The van der Waals surface area contributed by atoms with Crippen LogP contribution in [0.15, 0.2) is 54.6 Å². The number of halogens is 3. The fourth-order valence-electron chi connectivity index (χ4n) is 4.39. The van der Waals surface area contributed by atoms with E-state index >= 15 is 0 Å². The van der Waals surface area contributed by atoms with Gasteiger partial charge in [0, 0.05) is 17.2 Å². The molecule has 3 aromatic carbocycles. The Hall–Kier alpha value is -2.99. The molecule has 0 atom stereocenters. The van der Waals surface area contributed by atoms with Gasteiger partial charge in [0.15, 0.2) is 11.6 Å². The summed E-state index contributed by atoms with van der Waals surface area (Å²) in [6.07, 6.45) is 2.70. The van der Waals surface area contributed by atoms with E-state index in [1.807, 2.05) is 6.92 Å². The summed E-state index contributed by atoms with van der Waals surface area (Å²) >= 11 is 0. The van der Waals surface area contributed by atoms with Crippen molar-refractivity contribution in [3.8, 4) is 22.6 Å². The van der Waals surface area contributed by atoms with E-state index in [-0.39, 0.29) is 35.8 Å². The average molecular weight is 457 g/mol. The average Bonchev–Trinajstić information content (AvgIpc) is 2.82. The fraction of sp³-hybridized carbons (Fsp3) is 0.333. The second-order valence-corrected chi connectivity index (χ2v) is 8.35. The topological polar surface area (TPSA) is 38.7 Å². The van der Waals surface area contributed by atoms with Crippen molar-refractivity contribution < 1.29 is 27.8 Å². The van der Waals surface area contributed by atoms with Crippen LogP contribution in [-0.2, 0) is 11.3 Å². The third-order valence-corrected chi connectivity index (χ3v) is 6.21. The highest BCUT2D eigenvalue weighted by Gasteiger charge is 2.27. The van der Waals surface area contributed by atoms with Crippen LogP contribution in [0.5, 0.6) is 11.5 Å². The van der Waals surface area contributed by atoms with Crippen molar-refractivity contribution >= 4 is 0 Å². The normalized spacial score (nSPS) is 18.3. The van der Waals surface area contributed by atoms with Crippen LogP contribution in [0, 0.1) is 17.5 Å². The Kier molecular flexibility index (Phi) is 7.23.